The van der Waals surface area contributed by atoms with Crippen molar-refractivity contribution in [2.45, 2.75) is 26.1 Å². The van der Waals surface area contributed by atoms with Gasteiger partial charge < -0.3 is 19.1 Å². The van der Waals surface area contributed by atoms with E-state index in [1.807, 2.05) is 43.3 Å². The number of rotatable bonds is 12. The summed E-state index contributed by atoms with van der Waals surface area (Å²) < 4.78 is 79.8. The summed E-state index contributed by atoms with van der Waals surface area (Å²) in [6.07, 6.45) is -6.17. The number of benzene rings is 3. The fourth-order valence-electron chi connectivity index (χ4n) is 4.95. The van der Waals surface area contributed by atoms with Crippen LogP contribution in [0.5, 0.6) is 17.2 Å². The van der Waals surface area contributed by atoms with Gasteiger partial charge in [0, 0.05) is 44.0 Å². The second-order valence-corrected chi connectivity index (χ2v) is 12.1. The number of ether oxygens (including phenoxy) is 3. The lowest BCUT2D eigenvalue weighted by Gasteiger charge is -2.36. The summed E-state index contributed by atoms with van der Waals surface area (Å²) in [6.45, 7) is 6.01. The Balaban J connectivity index is 1.38. The molecule has 4 rings (SSSR count). The summed E-state index contributed by atoms with van der Waals surface area (Å²) in [4.78, 5) is 16.8. The van der Waals surface area contributed by atoms with E-state index in [2.05, 4.69) is 9.80 Å². The Bertz CT molecular complexity index is 1510. The highest BCUT2D eigenvalue weighted by Crippen LogP contribution is 2.37. The predicted molar refractivity (Wildman–Crippen MR) is 162 cm³/mol. The number of methoxy groups -OCH3 is 2. The Morgan fingerprint density at radius 3 is 2.11 bits per heavy atom. The SMILES string of the molecule is CCOc1cccc(-c2cc(OC)c(CN3CCN(c4ccc(C(=O)NS(=O)(=O)CCC(F)(F)F)cc4)CC3)c(OC)c2)c1. The maximum Gasteiger partial charge on any atom is 0.390 e. The van der Waals surface area contributed by atoms with Gasteiger partial charge in [0.15, 0.2) is 0 Å². The van der Waals surface area contributed by atoms with E-state index < -0.39 is 34.3 Å². The number of anilines is 1. The van der Waals surface area contributed by atoms with Crippen molar-refractivity contribution in [1.29, 1.82) is 0 Å². The van der Waals surface area contributed by atoms with E-state index in [0.717, 1.165) is 52.7 Å². The monoisotopic (exact) mass is 635 g/mol. The van der Waals surface area contributed by atoms with Gasteiger partial charge in [-0.15, -0.1) is 0 Å². The molecule has 3 aromatic carbocycles. The van der Waals surface area contributed by atoms with Crippen LogP contribution in [0.4, 0.5) is 18.9 Å². The van der Waals surface area contributed by atoms with Crippen molar-refractivity contribution in [2.24, 2.45) is 0 Å². The van der Waals surface area contributed by atoms with Crippen LogP contribution in [-0.2, 0) is 16.6 Å². The first-order valence-electron chi connectivity index (χ1n) is 14.1. The summed E-state index contributed by atoms with van der Waals surface area (Å²) in [7, 11) is -1.14. The number of sulfonamides is 1. The Hall–Kier alpha value is -3.97. The standard InChI is InChI=1S/C31H36F3N3O6S/c1-4-43-26-7-5-6-23(18-26)24-19-28(41-2)27(29(20-24)42-3)21-36-13-15-37(16-14-36)25-10-8-22(9-11-25)30(38)35-44(39,40)17-12-31(32,33)34/h5-11,18-20H,4,12-17,21H2,1-3H3,(H,35,38). The van der Waals surface area contributed by atoms with Crippen LogP contribution in [0.15, 0.2) is 60.7 Å². The second-order valence-electron chi connectivity index (χ2n) is 10.2. The smallest absolute Gasteiger partial charge is 0.390 e. The first kappa shape index (κ1) is 32.9. The lowest BCUT2D eigenvalue weighted by atomic mass is 10.0. The molecule has 1 heterocycles. The number of alkyl halides is 3. The van der Waals surface area contributed by atoms with Gasteiger partial charge in [0.05, 0.1) is 38.6 Å². The summed E-state index contributed by atoms with van der Waals surface area (Å²) in [6, 6.07) is 18.1. The van der Waals surface area contributed by atoms with Crippen LogP contribution in [-0.4, -0.2) is 78.2 Å². The zero-order valence-corrected chi connectivity index (χ0v) is 25.6. The van der Waals surface area contributed by atoms with E-state index >= 15 is 0 Å². The minimum atomic E-state index is -4.64. The Morgan fingerprint density at radius 2 is 1.55 bits per heavy atom. The van der Waals surface area contributed by atoms with E-state index in [1.54, 1.807) is 31.1 Å². The van der Waals surface area contributed by atoms with Gasteiger partial charge in [-0.3, -0.25) is 9.69 Å². The van der Waals surface area contributed by atoms with Gasteiger partial charge in [-0.05, 0) is 66.6 Å². The van der Waals surface area contributed by atoms with Crippen molar-refractivity contribution in [3.8, 4) is 28.4 Å². The van der Waals surface area contributed by atoms with Crippen LogP contribution in [0.3, 0.4) is 0 Å². The molecule has 0 radical (unpaired) electrons. The minimum absolute atomic E-state index is 0.0372. The van der Waals surface area contributed by atoms with Crippen LogP contribution >= 0.6 is 0 Å². The largest absolute Gasteiger partial charge is 0.496 e. The number of halogens is 3. The molecule has 1 saturated heterocycles. The molecule has 0 atom stereocenters. The second kappa shape index (κ2) is 14.2. The number of amides is 1. The first-order chi connectivity index (χ1) is 20.9. The van der Waals surface area contributed by atoms with E-state index in [0.29, 0.717) is 26.2 Å². The fourth-order valence-corrected chi connectivity index (χ4v) is 5.95. The molecule has 13 heteroatoms. The van der Waals surface area contributed by atoms with Gasteiger partial charge in [0.25, 0.3) is 5.91 Å². The molecule has 0 unspecified atom stereocenters. The molecular formula is C31H36F3N3O6S. The number of carbonyl (C=O) groups excluding carboxylic acids is 1. The molecule has 1 fully saturated rings. The zero-order chi connectivity index (χ0) is 31.9. The lowest BCUT2D eigenvalue weighted by molar-refractivity contribution is -0.130. The number of hydrogen-bond acceptors (Lipinski definition) is 8. The summed E-state index contributed by atoms with van der Waals surface area (Å²) in [5.41, 5.74) is 3.75. The highest BCUT2D eigenvalue weighted by Gasteiger charge is 2.30. The average Bonchev–Trinajstić information content (AvgIpc) is 3.00. The molecule has 9 nitrogen and oxygen atoms in total. The molecule has 0 aliphatic carbocycles. The van der Waals surface area contributed by atoms with Crippen LogP contribution in [0.2, 0.25) is 0 Å². The van der Waals surface area contributed by atoms with Crippen molar-refractivity contribution < 1.29 is 40.6 Å². The molecule has 44 heavy (non-hydrogen) atoms. The lowest BCUT2D eigenvalue weighted by Crippen LogP contribution is -2.46. The van der Waals surface area contributed by atoms with Gasteiger partial charge in [-0.1, -0.05) is 12.1 Å². The Morgan fingerprint density at radius 1 is 0.909 bits per heavy atom. The van der Waals surface area contributed by atoms with Crippen LogP contribution in [0.25, 0.3) is 11.1 Å². The molecule has 1 aliphatic heterocycles. The van der Waals surface area contributed by atoms with E-state index in [9.17, 15) is 26.4 Å². The maximum absolute atomic E-state index is 12.4. The number of hydrogen-bond donors (Lipinski definition) is 1. The van der Waals surface area contributed by atoms with Crippen LogP contribution in [0.1, 0.15) is 29.3 Å². The number of carbonyl (C=O) groups is 1. The molecule has 1 amide bonds. The minimum Gasteiger partial charge on any atom is -0.496 e. The number of nitrogens with one attached hydrogen (secondary N) is 1. The molecule has 0 saturated carbocycles. The molecule has 0 spiro atoms. The van der Waals surface area contributed by atoms with Gasteiger partial charge in [-0.25, -0.2) is 13.1 Å². The van der Waals surface area contributed by atoms with E-state index in [-0.39, 0.29) is 5.56 Å². The van der Waals surface area contributed by atoms with Gasteiger partial charge in [0.1, 0.15) is 17.2 Å². The molecule has 0 bridgehead atoms. The Labute approximate surface area is 255 Å². The zero-order valence-electron chi connectivity index (χ0n) is 24.8. The van der Waals surface area contributed by atoms with Crippen LogP contribution < -0.4 is 23.8 Å². The molecule has 1 aliphatic rings. The van der Waals surface area contributed by atoms with Crippen molar-refractivity contribution in [3.63, 3.8) is 0 Å². The van der Waals surface area contributed by atoms with Gasteiger partial charge in [-0.2, -0.15) is 13.2 Å². The normalized spacial score (nSPS) is 14.3. The number of piperazine rings is 1. The van der Waals surface area contributed by atoms with Gasteiger partial charge >= 0.3 is 6.18 Å². The third-order valence-corrected chi connectivity index (χ3v) is 8.48. The third-order valence-electron chi connectivity index (χ3n) is 7.24. The van der Waals surface area contributed by atoms with Crippen LogP contribution in [0, 0.1) is 0 Å². The highest BCUT2D eigenvalue weighted by atomic mass is 32.2. The Kier molecular flexibility index (Phi) is 10.6. The quantitative estimate of drug-likeness (QED) is 0.294. The molecule has 0 aromatic heterocycles. The summed E-state index contributed by atoms with van der Waals surface area (Å²) >= 11 is 0. The van der Waals surface area contributed by atoms with E-state index in [1.165, 1.54) is 12.1 Å². The highest BCUT2D eigenvalue weighted by molar-refractivity contribution is 7.90. The van der Waals surface area contributed by atoms with Crippen molar-refractivity contribution in [1.82, 2.24) is 9.62 Å². The molecular weight excluding hydrogens is 599 g/mol. The molecule has 1 N–H and O–H groups in total. The van der Waals surface area contributed by atoms with Gasteiger partial charge in [0.2, 0.25) is 10.0 Å². The number of nitrogens with zero attached hydrogens (tertiary/aromatic N) is 2. The maximum atomic E-state index is 12.4. The van der Waals surface area contributed by atoms with Crippen molar-refractivity contribution in [2.75, 3.05) is 57.7 Å². The molecule has 3 aromatic rings. The third kappa shape index (κ3) is 8.79. The first-order valence-corrected chi connectivity index (χ1v) is 15.7. The molecule has 238 valence electrons. The van der Waals surface area contributed by atoms with Crippen molar-refractivity contribution >= 4 is 21.6 Å². The summed E-state index contributed by atoms with van der Waals surface area (Å²) in [5.74, 6) is 0.0419. The fraction of sp³-hybridized carbons (Fsp3) is 0.387. The summed E-state index contributed by atoms with van der Waals surface area (Å²) in [5, 5.41) is 0. The topological polar surface area (TPSA) is 97.4 Å². The van der Waals surface area contributed by atoms with E-state index in [4.69, 9.17) is 14.2 Å². The average molecular weight is 636 g/mol. The predicted octanol–water partition coefficient (Wildman–Crippen LogP) is 5.10. The van der Waals surface area contributed by atoms with Crippen molar-refractivity contribution in [3.05, 3.63) is 71.8 Å².